The highest BCUT2D eigenvalue weighted by molar-refractivity contribution is 5.13. The van der Waals surface area contributed by atoms with E-state index in [1.807, 2.05) is 0 Å². The van der Waals surface area contributed by atoms with Gasteiger partial charge in [-0.3, -0.25) is 0 Å². The summed E-state index contributed by atoms with van der Waals surface area (Å²) in [6.45, 7) is 5.69. The second-order valence-corrected chi connectivity index (χ2v) is 6.57. The predicted octanol–water partition coefficient (Wildman–Crippen LogP) is 2.76. The molecule has 3 heteroatoms. The molecule has 0 amide bonds. The van der Waals surface area contributed by atoms with Crippen molar-refractivity contribution in [3.8, 4) is 0 Å². The van der Waals surface area contributed by atoms with Gasteiger partial charge in [0.2, 0.25) is 0 Å². The zero-order valence-corrected chi connectivity index (χ0v) is 13.2. The molecule has 0 aromatic heterocycles. The average molecular weight is 288 g/mol. The molecule has 2 aliphatic rings. The number of ether oxygens (including phenoxy) is 1. The number of nitrogens with zero attached hydrogens (tertiary/aromatic N) is 2. The van der Waals surface area contributed by atoms with E-state index in [0.29, 0.717) is 6.10 Å². The fourth-order valence-electron chi connectivity index (χ4n) is 3.55. The lowest BCUT2D eigenvalue weighted by Crippen LogP contribution is -2.43. The van der Waals surface area contributed by atoms with Crippen molar-refractivity contribution in [1.29, 1.82) is 0 Å². The topological polar surface area (TPSA) is 15.7 Å². The Morgan fingerprint density at radius 1 is 1.05 bits per heavy atom. The minimum absolute atomic E-state index is 0.447. The Balaban J connectivity index is 1.37. The first-order valence-electron chi connectivity index (χ1n) is 8.39. The maximum Gasteiger partial charge on any atom is 0.0720 e. The van der Waals surface area contributed by atoms with Crippen LogP contribution >= 0.6 is 0 Å². The molecule has 1 atom stereocenters. The van der Waals surface area contributed by atoms with E-state index in [0.717, 1.165) is 12.6 Å². The van der Waals surface area contributed by atoms with Crippen molar-refractivity contribution in [1.82, 2.24) is 9.80 Å². The Kier molecular flexibility index (Phi) is 5.28. The van der Waals surface area contributed by atoms with E-state index < -0.39 is 0 Å². The van der Waals surface area contributed by atoms with Crippen LogP contribution in [0.2, 0.25) is 0 Å². The summed E-state index contributed by atoms with van der Waals surface area (Å²) in [5.41, 5.74) is 1.28. The lowest BCUT2D eigenvalue weighted by molar-refractivity contribution is -0.00561. The van der Waals surface area contributed by atoms with Gasteiger partial charge in [0, 0.05) is 25.7 Å². The second-order valence-electron chi connectivity index (χ2n) is 6.57. The Labute approximate surface area is 128 Å². The van der Waals surface area contributed by atoms with Crippen molar-refractivity contribution < 1.29 is 4.74 Å². The number of piperidine rings is 1. The maximum atomic E-state index is 6.07. The van der Waals surface area contributed by atoms with Crippen LogP contribution in [0, 0.1) is 0 Å². The molecule has 1 unspecified atom stereocenters. The van der Waals surface area contributed by atoms with Gasteiger partial charge in [-0.15, -0.1) is 0 Å². The second kappa shape index (κ2) is 7.39. The molecule has 2 heterocycles. The van der Waals surface area contributed by atoms with Crippen LogP contribution in [0.4, 0.5) is 0 Å². The Morgan fingerprint density at radius 3 is 2.48 bits per heavy atom. The van der Waals surface area contributed by atoms with Crippen LogP contribution in [0.5, 0.6) is 0 Å². The average Bonchev–Trinajstić information content (AvgIpc) is 2.93. The Bertz CT molecular complexity index is 414. The number of benzene rings is 1. The van der Waals surface area contributed by atoms with Gasteiger partial charge in [0.05, 0.1) is 12.7 Å². The third-order valence-corrected chi connectivity index (χ3v) is 5.00. The van der Waals surface area contributed by atoms with Crippen LogP contribution in [0.25, 0.3) is 0 Å². The number of hydrogen-bond acceptors (Lipinski definition) is 3. The largest absolute Gasteiger partial charge is 0.373 e. The van der Waals surface area contributed by atoms with Crippen molar-refractivity contribution in [2.75, 3.05) is 33.2 Å². The molecular weight excluding hydrogens is 260 g/mol. The Hall–Kier alpha value is -0.900. The smallest absolute Gasteiger partial charge is 0.0720 e. The Morgan fingerprint density at radius 2 is 1.81 bits per heavy atom. The minimum atomic E-state index is 0.447. The molecule has 0 spiro atoms. The van der Waals surface area contributed by atoms with E-state index in [9.17, 15) is 0 Å². The van der Waals surface area contributed by atoms with Gasteiger partial charge < -0.3 is 14.5 Å². The molecule has 2 aliphatic heterocycles. The van der Waals surface area contributed by atoms with Crippen molar-refractivity contribution in [2.24, 2.45) is 0 Å². The summed E-state index contributed by atoms with van der Waals surface area (Å²) in [6, 6.07) is 11.3. The third kappa shape index (κ3) is 4.29. The van der Waals surface area contributed by atoms with Gasteiger partial charge >= 0.3 is 0 Å². The van der Waals surface area contributed by atoms with Crippen LogP contribution < -0.4 is 0 Å². The minimum Gasteiger partial charge on any atom is -0.373 e. The van der Waals surface area contributed by atoms with E-state index in [2.05, 4.69) is 47.2 Å². The summed E-state index contributed by atoms with van der Waals surface area (Å²) in [5.74, 6) is 0. The van der Waals surface area contributed by atoms with Gasteiger partial charge in [-0.25, -0.2) is 0 Å². The van der Waals surface area contributed by atoms with E-state index in [1.165, 1.54) is 57.4 Å². The molecule has 1 aromatic carbocycles. The van der Waals surface area contributed by atoms with Crippen LogP contribution in [0.3, 0.4) is 0 Å². The van der Waals surface area contributed by atoms with E-state index in [-0.39, 0.29) is 0 Å². The zero-order chi connectivity index (χ0) is 14.5. The summed E-state index contributed by atoms with van der Waals surface area (Å²) in [4.78, 5) is 5.16. The predicted molar refractivity (Wildman–Crippen MR) is 86.3 cm³/mol. The molecule has 116 valence electrons. The van der Waals surface area contributed by atoms with Gasteiger partial charge in [0.1, 0.15) is 0 Å². The van der Waals surface area contributed by atoms with Crippen LogP contribution in [0.1, 0.15) is 31.2 Å². The highest BCUT2D eigenvalue weighted by atomic mass is 16.5. The summed E-state index contributed by atoms with van der Waals surface area (Å²) < 4.78 is 6.07. The number of hydrogen-bond donors (Lipinski definition) is 0. The van der Waals surface area contributed by atoms with Gasteiger partial charge in [-0.05, 0) is 44.8 Å². The van der Waals surface area contributed by atoms with E-state index >= 15 is 0 Å². The van der Waals surface area contributed by atoms with Gasteiger partial charge in [0.15, 0.2) is 0 Å². The van der Waals surface area contributed by atoms with Gasteiger partial charge in [-0.2, -0.15) is 0 Å². The molecule has 2 fully saturated rings. The fraction of sp³-hybridized carbons (Fsp3) is 0.667. The summed E-state index contributed by atoms with van der Waals surface area (Å²) in [7, 11) is 2.27. The number of likely N-dealkylation sites (tertiary alicyclic amines) is 2. The van der Waals surface area contributed by atoms with Crippen LogP contribution in [-0.2, 0) is 11.3 Å². The molecule has 0 aliphatic carbocycles. The first-order chi connectivity index (χ1) is 10.3. The summed E-state index contributed by atoms with van der Waals surface area (Å²) in [5, 5.41) is 0. The summed E-state index contributed by atoms with van der Waals surface area (Å²) in [6.07, 6.45) is 5.56. The summed E-state index contributed by atoms with van der Waals surface area (Å²) >= 11 is 0. The molecule has 21 heavy (non-hydrogen) atoms. The third-order valence-electron chi connectivity index (χ3n) is 5.00. The van der Waals surface area contributed by atoms with Crippen LogP contribution in [-0.4, -0.2) is 55.2 Å². The molecule has 1 aromatic rings. The first-order valence-corrected chi connectivity index (χ1v) is 8.39. The molecule has 0 N–H and O–H groups in total. The SMILES string of the molecule is CN1CCCC1CN1CCC(OCc2ccccc2)CC1. The molecular formula is C18H28N2O. The highest BCUT2D eigenvalue weighted by Gasteiger charge is 2.26. The molecule has 0 saturated carbocycles. The quantitative estimate of drug-likeness (QED) is 0.828. The highest BCUT2D eigenvalue weighted by Crippen LogP contribution is 2.20. The monoisotopic (exact) mass is 288 g/mol. The molecule has 2 saturated heterocycles. The molecule has 0 bridgehead atoms. The number of rotatable bonds is 5. The van der Waals surface area contributed by atoms with Gasteiger partial charge in [0.25, 0.3) is 0 Å². The normalized spacial score (nSPS) is 25.5. The zero-order valence-electron chi connectivity index (χ0n) is 13.2. The van der Waals surface area contributed by atoms with E-state index in [1.54, 1.807) is 0 Å². The lowest BCUT2D eigenvalue weighted by atomic mass is 10.1. The van der Waals surface area contributed by atoms with Crippen molar-refractivity contribution >= 4 is 0 Å². The maximum absolute atomic E-state index is 6.07. The molecule has 3 rings (SSSR count). The molecule has 0 radical (unpaired) electrons. The standard InChI is InChI=1S/C18H28N2O/c1-19-11-5-8-17(19)14-20-12-9-18(10-13-20)21-15-16-6-3-2-4-7-16/h2-4,6-7,17-18H,5,8-15H2,1H3. The van der Waals surface area contributed by atoms with Gasteiger partial charge in [-0.1, -0.05) is 30.3 Å². The van der Waals surface area contributed by atoms with E-state index in [4.69, 9.17) is 4.74 Å². The number of likely N-dealkylation sites (N-methyl/N-ethyl adjacent to an activating group) is 1. The lowest BCUT2D eigenvalue weighted by Gasteiger charge is -2.34. The van der Waals surface area contributed by atoms with Crippen molar-refractivity contribution in [3.63, 3.8) is 0 Å². The van der Waals surface area contributed by atoms with Crippen LogP contribution in [0.15, 0.2) is 30.3 Å². The first kappa shape index (κ1) is 15.0. The fourth-order valence-corrected chi connectivity index (χ4v) is 3.55. The molecule has 3 nitrogen and oxygen atoms in total. The van der Waals surface area contributed by atoms with Crippen molar-refractivity contribution in [3.05, 3.63) is 35.9 Å². The van der Waals surface area contributed by atoms with Crippen molar-refractivity contribution in [2.45, 2.75) is 44.4 Å².